The fraction of sp³-hybridized carbons (Fsp3) is 0.407. The van der Waals surface area contributed by atoms with Crippen LogP contribution in [0.5, 0.6) is 0 Å². The van der Waals surface area contributed by atoms with Crippen molar-refractivity contribution in [2.45, 2.75) is 74.3 Å². The summed E-state index contributed by atoms with van der Waals surface area (Å²) < 4.78 is 30.7. The van der Waals surface area contributed by atoms with Crippen LogP contribution in [0.15, 0.2) is 39.7 Å². The third-order valence-corrected chi connectivity index (χ3v) is 9.97. The van der Waals surface area contributed by atoms with Crippen molar-refractivity contribution in [3.63, 3.8) is 0 Å². The highest BCUT2D eigenvalue weighted by molar-refractivity contribution is 9.10. The Labute approximate surface area is 229 Å². The lowest BCUT2D eigenvalue weighted by atomic mass is 9.88. The minimum absolute atomic E-state index is 0.0779. The van der Waals surface area contributed by atoms with Gasteiger partial charge in [0.25, 0.3) is 0 Å². The Morgan fingerprint density at radius 3 is 2.38 bits per heavy atom. The van der Waals surface area contributed by atoms with Crippen molar-refractivity contribution in [3.8, 4) is 11.3 Å². The number of pyridine rings is 1. The first kappa shape index (κ1) is 25.1. The van der Waals surface area contributed by atoms with Gasteiger partial charge in [-0.05, 0) is 74.3 Å². The third-order valence-electron chi connectivity index (χ3n) is 7.40. The molecule has 3 aromatic rings. The summed E-state index contributed by atoms with van der Waals surface area (Å²) in [6.07, 6.45) is 7.62. The van der Waals surface area contributed by atoms with Gasteiger partial charge in [-0.1, -0.05) is 46.4 Å². The van der Waals surface area contributed by atoms with Gasteiger partial charge in [-0.3, -0.25) is 0 Å². The molecule has 7 nitrogen and oxygen atoms in total. The summed E-state index contributed by atoms with van der Waals surface area (Å²) in [5, 5.41) is 14.4. The summed E-state index contributed by atoms with van der Waals surface area (Å²) in [7, 11) is -4.01. The van der Waals surface area contributed by atoms with E-state index in [9.17, 15) is 18.3 Å². The van der Waals surface area contributed by atoms with E-state index in [2.05, 4.69) is 26.0 Å². The Bertz CT molecular complexity index is 1530. The fourth-order valence-corrected chi connectivity index (χ4v) is 7.75. The van der Waals surface area contributed by atoms with Gasteiger partial charge in [-0.15, -0.1) is 0 Å². The molecule has 0 unspecified atom stereocenters. The number of rotatable bonds is 8. The first-order valence-corrected chi connectivity index (χ1v) is 15.4. The van der Waals surface area contributed by atoms with Gasteiger partial charge in [0.2, 0.25) is 10.0 Å². The Morgan fingerprint density at radius 1 is 1.03 bits per heavy atom. The van der Waals surface area contributed by atoms with E-state index in [-0.39, 0.29) is 33.1 Å². The molecule has 0 saturated heterocycles. The lowest BCUT2D eigenvalue weighted by Crippen LogP contribution is -2.27. The van der Waals surface area contributed by atoms with Crippen molar-refractivity contribution < 1.29 is 18.3 Å². The molecule has 0 aliphatic heterocycles. The van der Waals surface area contributed by atoms with Crippen molar-refractivity contribution in [1.29, 1.82) is 0 Å². The number of halogens is 2. The minimum atomic E-state index is -4.01. The molecule has 10 heteroatoms. The van der Waals surface area contributed by atoms with Crippen LogP contribution in [0, 0.1) is 0 Å². The average Bonchev–Trinajstić information content (AvgIpc) is 3.77. The van der Waals surface area contributed by atoms with E-state index in [0.717, 1.165) is 67.1 Å². The molecular formula is C27H27BrClN3O4S. The van der Waals surface area contributed by atoms with E-state index < -0.39 is 16.0 Å². The summed E-state index contributed by atoms with van der Waals surface area (Å²) in [5.74, 6) is -0.872. The molecule has 0 atom stereocenters. The summed E-state index contributed by atoms with van der Waals surface area (Å²) in [6, 6.07) is 8.92. The SMILES string of the molecule is O=C(O)c1cc(-c2nc3cc(Br)ccc3c(Cl)c2S(=O)(=O)NC2CC2)cc(NC2CC2)c1C1CCCC1. The number of carbonyl (C=O) groups is 1. The monoisotopic (exact) mass is 603 g/mol. The maximum absolute atomic E-state index is 13.6. The molecule has 0 spiro atoms. The van der Waals surface area contributed by atoms with Crippen LogP contribution in [0.1, 0.15) is 73.2 Å². The van der Waals surface area contributed by atoms with Crippen molar-refractivity contribution >= 4 is 60.1 Å². The average molecular weight is 605 g/mol. The Hall–Kier alpha value is -2.20. The number of sulfonamides is 1. The van der Waals surface area contributed by atoms with Gasteiger partial charge >= 0.3 is 5.97 Å². The molecule has 3 fully saturated rings. The number of nitrogens with zero attached hydrogens (tertiary/aromatic N) is 1. The van der Waals surface area contributed by atoms with Gasteiger partial charge < -0.3 is 10.4 Å². The second kappa shape index (κ2) is 9.52. The van der Waals surface area contributed by atoms with Crippen LogP contribution in [0.3, 0.4) is 0 Å². The van der Waals surface area contributed by atoms with E-state index in [0.29, 0.717) is 22.5 Å². The Morgan fingerprint density at radius 2 is 1.73 bits per heavy atom. The predicted octanol–water partition coefficient (Wildman–Crippen LogP) is 6.69. The zero-order valence-corrected chi connectivity index (χ0v) is 23.2. The van der Waals surface area contributed by atoms with Crippen LogP contribution >= 0.6 is 27.5 Å². The summed E-state index contributed by atoms with van der Waals surface area (Å²) in [6.45, 7) is 0. The van der Waals surface area contributed by atoms with Gasteiger partial charge in [-0.25, -0.2) is 22.9 Å². The number of benzene rings is 2. The summed E-state index contributed by atoms with van der Waals surface area (Å²) >= 11 is 10.3. The maximum atomic E-state index is 13.6. The number of hydrogen-bond acceptors (Lipinski definition) is 5. The summed E-state index contributed by atoms with van der Waals surface area (Å²) in [5.41, 5.74) is 2.86. The molecule has 3 N–H and O–H groups in total. The molecule has 1 aromatic heterocycles. The number of carboxylic acids is 1. The molecule has 0 bridgehead atoms. The highest BCUT2D eigenvalue weighted by atomic mass is 79.9. The number of aromatic carboxylic acids is 1. The highest BCUT2D eigenvalue weighted by Gasteiger charge is 2.35. The van der Waals surface area contributed by atoms with Gasteiger partial charge in [0.05, 0.1) is 21.8 Å². The van der Waals surface area contributed by atoms with Crippen molar-refractivity contribution in [2.75, 3.05) is 5.32 Å². The molecular weight excluding hydrogens is 578 g/mol. The molecule has 1 heterocycles. The van der Waals surface area contributed by atoms with Gasteiger partial charge in [0, 0.05) is 33.2 Å². The van der Waals surface area contributed by atoms with E-state index in [1.807, 2.05) is 6.07 Å². The smallest absolute Gasteiger partial charge is 0.336 e. The lowest BCUT2D eigenvalue weighted by Gasteiger charge is -2.22. The van der Waals surface area contributed by atoms with Crippen molar-refractivity contribution in [2.24, 2.45) is 0 Å². The molecule has 3 saturated carbocycles. The highest BCUT2D eigenvalue weighted by Crippen LogP contribution is 2.45. The molecule has 194 valence electrons. The van der Waals surface area contributed by atoms with E-state index in [1.54, 1.807) is 24.3 Å². The third kappa shape index (κ3) is 4.99. The second-order valence-electron chi connectivity index (χ2n) is 10.4. The number of anilines is 1. The molecule has 0 amide bonds. The number of fused-ring (bicyclic) bond motifs is 1. The summed E-state index contributed by atoms with van der Waals surface area (Å²) in [4.78, 5) is 17.2. The fourth-order valence-electron chi connectivity index (χ4n) is 5.29. The molecule has 3 aliphatic carbocycles. The zero-order valence-electron chi connectivity index (χ0n) is 20.1. The molecule has 0 radical (unpaired) electrons. The van der Waals surface area contributed by atoms with E-state index >= 15 is 0 Å². The number of carboxylic acid groups (broad SMARTS) is 1. The van der Waals surface area contributed by atoms with Gasteiger partial charge in [0.15, 0.2) is 0 Å². The van der Waals surface area contributed by atoms with Crippen LogP contribution < -0.4 is 10.0 Å². The Kier molecular flexibility index (Phi) is 6.46. The van der Waals surface area contributed by atoms with Gasteiger partial charge in [-0.2, -0.15) is 0 Å². The molecule has 3 aliphatic rings. The molecule has 6 rings (SSSR count). The van der Waals surface area contributed by atoms with Crippen LogP contribution in [0.4, 0.5) is 5.69 Å². The van der Waals surface area contributed by atoms with E-state index in [1.165, 1.54) is 0 Å². The van der Waals surface area contributed by atoms with Crippen LogP contribution in [0.2, 0.25) is 5.02 Å². The number of nitrogens with one attached hydrogen (secondary N) is 2. The maximum Gasteiger partial charge on any atom is 0.336 e. The first-order chi connectivity index (χ1) is 17.7. The van der Waals surface area contributed by atoms with Crippen molar-refractivity contribution in [1.82, 2.24) is 9.71 Å². The minimum Gasteiger partial charge on any atom is -0.478 e. The molecule has 37 heavy (non-hydrogen) atoms. The molecule has 2 aromatic carbocycles. The number of aromatic nitrogens is 1. The lowest BCUT2D eigenvalue weighted by molar-refractivity contribution is 0.0695. The van der Waals surface area contributed by atoms with Gasteiger partial charge in [0.1, 0.15) is 4.90 Å². The van der Waals surface area contributed by atoms with Crippen molar-refractivity contribution in [3.05, 3.63) is 51.0 Å². The normalized spacial score (nSPS) is 18.4. The van der Waals surface area contributed by atoms with Crippen LogP contribution in [-0.4, -0.2) is 36.6 Å². The first-order valence-electron chi connectivity index (χ1n) is 12.7. The quantitative estimate of drug-likeness (QED) is 0.264. The zero-order chi connectivity index (χ0) is 25.9. The number of hydrogen-bond donors (Lipinski definition) is 3. The van der Waals surface area contributed by atoms with Crippen LogP contribution in [-0.2, 0) is 10.0 Å². The van der Waals surface area contributed by atoms with Crippen LogP contribution in [0.25, 0.3) is 22.2 Å². The Balaban J connectivity index is 1.62. The predicted molar refractivity (Wildman–Crippen MR) is 148 cm³/mol. The topological polar surface area (TPSA) is 108 Å². The standard InChI is InChI=1S/C27H27BrClN3O4S/c28-16-5-10-19-21(13-16)31-25(26(24(19)29)37(35,36)32-18-8-9-18)15-11-20(27(33)34)23(14-3-1-2-4-14)22(12-15)30-17-6-7-17/h5,10-14,17-18,30,32H,1-4,6-9H2,(H,33,34). The second-order valence-corrected chi connectivity index (χ2v) is 13.3. The van der Waals surface area contributed by atoms with E-state index in [4.69, 9.17) is 16.6 Å². The largest absolute Gasteiger partial charge is 0.478 e.